The van der Waals surface area contributed by atoms with E-state index in [9.17, 15) is 4.39 Å². The van der Waals surface area contributed by atoms with Crippen LogP contribution in [0.4, 0.5) is 4.39 Å². The summed E-state index contributed by atoms with van der Waals surface area (Å²) in [6.07, 6.45) is 1.81. The third-order valence-electron chi connectivity index (χ3n) is 3.22. The van der Waals surface area contributed by atoms with Gasteiger partial charge in [0.1, 0.15) is 19.0 Å². The molecule has 120 valence electrons. The van der Waals surface area contributed by atoms with E-state index in [-0.39, 0.29) is 24.5 Å². The Labute approximate surface area is 142 Å². The molecular formula is C18H13FN2O2S. The van der Waals surface area contributed by atoms with Crippen LogP contribution in [-0.4, -0.2) is 18.2 Å². The molecule has 0 aliphatic heterocycles. The van der Waals surface area contributed by atoms with Gasteiger partial charge in [-0.15, -0.1) is 11.3 Å². The summed E-state index contributed by atoms with van der Waals surface area (Å²) in [5, 5.41) is 8.70. The molecule has 0 unspecified atom stereocenters. The molecule has 3 rings (SSSR count). The Kier molecular flexibility index (Phi) is 5.04. The normalized spacial score (nSPS) is 10.2. The van der Waals surface area contributed by atoms with E-state index < -0.39 is 5.82 Å². The van der Waals surface area contributed by atoms with Crippen LogP contribution in [0.5, 0.6) is 11.5 Å². The molecule has 0 aliphatic rings. The monoisotopic (exact) mass is 340 g/mol. The fourth-order valence-electron chi connectivity index (χ4n) is 2.10. The number of hydrogen-bond acceptors (Lipinski definition) is 5. The topological polar surface area (TPSA) is 55.1 Å². The number of thiazole rings is 1. The van der Waals surface area contributed by atoms with Crippen LogP contribution in [0.15, 0.2) is 54.2 Å². The van der Waals surface area contributed by atoms with Crippen molar-refractivity contribution in [2.75, 3.05) is 13.2 Å². The zero-order valence-corrected chi connectivity index (χ0v) is 13.4. The van der Waals surface area contributed by atoms with Crippen LogP contribution in [0.2, 0.25) is 0 Å². The van der Waals surface area contributed by atoms with Crippen LogP contribution in [0.25, 0.3) is 10.4 Å². The van der Waals surface area contributed by atoms with Crippen molar-refractivity contribution in [2.45, 2.75) is 0 Å². The van der Waals surface area contributed by atoms with E-state index in [1.165, 1.54) is 12.1 Å². The number of nitrogens with zero attached hydrogens (tertiary/aromatic N) is 2. The molecule has 0 spiro atoms. The molecule has 0 amide bonds. The molecule has 0 fully saturated rings. The van der Waals surface area contributed by atoms with Gasteiger partial charge in [0.15, 0.2) is 11.6 Å². The molecule has 2 aromatic carbocycles. The summed E-state index contributed by atoms with van der Waals surface area (Å²) in [6, 6.07) is 13.7. The number of hydrogen-bond donors (Lipinski definition) is 0. The average Bonchev–Trinajstić information content (AvgIpc) is 3.14. The van der Waals surface area contributed by atoms with E-state index in [1.807, 2.05) is 30.3 Å². The number of rotatable bonds is 6. The van der Waals surface area contributed by atoms with Crippen molar-refractivity contribution in [3.8, 4) is 28.0 Å². The highest BCUT2D eigenvalue weighted by molar-refractivity contribution is 7.13. The quantitative estimate of drug-likeness (QED) is 0.629. The average molecular weight is 340 g/mol. The van der Waals surface area contributed by atoms with Gasteiger partial charge in [-0.25, -0.2) is 4.39 Å². The van der Waals surface area contributed by atoms with Crippen molar-refractivity contribution in [3.63, 3.8) is 0 Å². The first-order valence-corrected chi connectivity index (χ1v) is 8.08. The maximum atomic E-state index is 13.7. The van der Waals surface area contributed by atoms with Crippen LogP contribution in [0.1, 0.15) is 5.56 Å². The van der Waals surface area contributed by atoms with Crippen LogP contribution in [0, 0.1) is 17.1 Å². The first-order chi connectivity index (χ1) is 11.8. The molecule has 0 aliphatic carbocycles. The third kappa shape index (κ3) is 3.89. The summed E-state index contributed by atoms with van der Waals surface area (Å²) in [4.78, 5) is 5.13. The zero-order chi connectivity index (χ0) is 16.8. The number of benzene rings is 2. The fraction of sp³-hybridized carbons (Fsp3) is 0.111. The van der Waals surface area contributed by atoms with Crippen molar-refractivity contribution in [1.29, 1.82) is 5.26 Å². The molecule has 0 radical (unpaired) electrons. The highest BCUT2D eigenvalue weighted by Gasteiger charge is 2.05. The Morgan fingerprint density at radius 1 is 1.12 bits per heavy atom. The van der Waals surface area contributed by atoms with E-state index >= 15 is 0 Å². The first kappa shape index (κ1) is 16.0. The van der Waals surface area contributed by atoms with Gasteiger partial charge in [0, 0.05) is 6.20 Å². The van der Waals surface area contributed by atoms with Gasteiger partial charge in [-0.2, -0.15) is 5.26 Å². The van der Waals surface area contributed by atoms with E-state index in [1.54, 1.807) is 23.0 Å². The minimum Gasteiger partial charge on any atom is -0.490 e. The van der Waals surface area contributed by atoms with Crippen molar-refractivity contribution < 1.29 is 13.9 Å². The minimum absolute atomic E-state index is 0.107. The zero-order valence-electron chi connectivity index (χ0n) is 12.6. The molecule has 24 heavy (non-hydrogen) atoms. The molecule has 1 heterocycles. The van der Waals surface area contributed by atoms with Crippen LogP contribution in [-0.2, 0) is 0 Å². The lowest BCUT2D eigenvalue weighted by molar-refractivity contribution is 0.211. The van der Waals surface area contributed by atoms with E-state index in [0.717, 1.165) is 16.5 Å². The number of aromatic nitrogens is 1. The number of nitriles is 1. The van der Waals surface area contributed by atoms with Crippen LogP contribution in [0.3, 0.4) is 0 Å². The first-order valence-electron chi connectivity index (χ1n) is 7.20. The second-order valence-electron chi connectivity index (χ2n) is 4.85. The second kappa shape index (κ2) is 7.57. The summed E-state index contributed by atoms with van der Waals surface area (Å²) in [6.45, 7) is 0.485. The maximum Gasteiger partial charge on any atom is 0.166 e. The van der Waals surface area contributed by atoms with Gasteiger partial charge in [0.2, 0.25) is 0 Å². The molecule has 1 aromatic heterocycles. The summed E-state index contributed by atoms with van der Waals surface area (Å²) in [7, 11) is 0. The van der Waals surface area contributed by atoms with E-state index in [4.69, 9.17) is 14.7 Å². The second-order valence-corrected chi connectivity index (χ2v) is 5.73. The summed E-state index contributed by atoms with van der Waals surface area (Å²) in [5.41, 5.74) is 3.08. The van der Waals surface area contributed by atoms with Gasteiger partial charge in [-0.05, 0) is 35.9 Å². The SMILES string of the molecule is N#Cc1ccc(OCCOc2cccc(-c3cncs3)c2)c(F)c1. The van der Waals surface area contributed by atoms with Crippen LogP contribution < -0.4 is 9.47 Å². The third-order valence-corrected chi connectivity index (χ3v) is 4.04. The highest BCUT2D eigenvalue weighted by atomic mass is 32.1. The van der Waals surface area contributed by atoms with Gasteiger partial charge in [-0.1, -0.05) is 12.1 Å². The summed E-state index contributed by atoms with van der Waals surface area (Å²) < 4.78 is 24.7. The van der Waals surface area contributed by atoms with Gasteiger partial charge in [0.25, 0.3) is 0 Å². The summed E-state index contributed by atoms with van der Waals surface area (Å²) in [5.74, 6) is 0.266. The minimum atomic E-state index is -0.554. The van der Waals surface area contributed by atoms with Crippen molar-refractivity contribution >= 4 is 11.3 Å². The van der Waals surface area contributed by atoms with E-state index in [0.29, 0.717) is 5.75 Å². The lowest BCUT2D eigenvalue weighted by atomic mass is 10.2. The molecule has 0 bridgehead atoms. The predicted octanol–water partition coefficient (Wildman–Crippen LogP) is 4.28. The molecule has 6 heteroatoms. The highest BCUT2D eigenvalue weighted by Crippen LogP contribution is 2.26. The Balaban J connectivity index is 1.54. The lowest BCUT2D eigenvalue weighted by Gasteiger charge is -2.10. The summed E-state index contributed by atoms with van der Waals surface area (Å²) >= 11 is 1.56. The van der Waals surface area contributed by atoms with Gasteiger partial charge in [0.05, 0.1) is 22.0 Å². The van der Waals surface area contributed by atoms with Crippen molar-refractivity contribution in [1.82, 2.24) is 4.98 Å². The Bertz CT molecular complexity index is 860. The molecule has 4 nitrogen and oxygen atoms in total. The maximum absolute atomic E-state index is 13.7. The Morgan fingerprint density at radius 3 is 2.75 bits per heavy atom. The molecule has 0 saturated carbocycles. The van der Waals surface area contributed by atoms with Crippen molar-refractivity contribution in [3.05, 3.63) is 65.6 Å². The molecule has 0 atom stereocenters. The van der Waals surface area contributed by atoms with Gasteiger partial charge in [-0.3, -0.25) is 4.98 Å². The number of ether oxygens (including phenoxy) is 2. The Morgan fingerprint density at radius 2 is 2.00 bits per heavy atom. The standard InChI is InChI=1S/C18H13FN2O2S/c19-16-8-13(10-20)4-5-17(16)23-7-6-22-15-3-1-2-14(9-15)18-11-21-12-24-18/h1-5,8-9,11-12H,6-7H2. The van der Waals surface area contributed by atoms with Crippen LogP contribution >= 0.6 is 11.3 Å². The fourth-order valence-corrected chi connectivity index (χ4v) is 2.72. The molecule has 0 N–H and O–H groups in total. The van der Waals surface area contributed by atoms with Gasteiger partial charge >= 0.3 is 0 Å². The smallest absolute Gasteiger partial charge is 0.166 e. The lowest BCUT2D eigenvalue weighted by Crippen LogP contribution is -2.09. The molecule has 0 saturated heterocycles. The predicted molar refractivity (Wildman–Crippen MR) is 89.7 cm³/mol. The Hall–Kier alpha value is -2.91. The largest absolute Gasteiger partial charge is 0.490 e. The van der Waals surface area contributed by atoms with Crippen molar-refractivity contribution in [2.24, 2.45) is 0 Å². The molecule has 3 aromatic rings. The number of halogens is 1. The molecular weight excluding hydrogens is 327 g/mol. The van der Waals surface area contributed by atoms with E-state index in [2.05, 4.69) is 4.98 Å². The van der Waals surface area contributed by atoms with Gasteiger partial charge < -0.3 is 9.47 Å².